The summed E-state index contributed by atoms with van der Waals surface area (Å²) < 4.78 is 11.3. The van der Waals surface area contributed by atoms with Crippen LogP contribution in [0.3, 0.4) is 0 Å². The van der Waals surface area contributed by atoms with E-state index in [1.807, 2.05) is 51.5 Å². The van der Waals surface area contributed by atoms with E-state index in [1.54, 1.807) is 0 Å². The highest BCUT2D eigenvalue weighted by Crippen LogP contribution is 2.32. The second-order valence-electron chi connectivity index (χ2n) is 4.64. The molecule has 1 heterocycles. The molecule has 0 amide bonds. The molecule has 2 aromatic rings. The van der Waals surface area contributed by atoms with Crippen LogP contribution in [0.25, 0.3) is 11.1 Å². The molecule has 0 radical (unpaired) electrons. The lowest BCUT2D eigenvalue weighted by atomic mass is 10.1. The van der Waals surface area contributed by atoms with Gasteiger partial charge in [-0.15, -0.1) is 0 Å². The minimum atomic E-state index is 0.613. The lowest BCUT2D eigenvalue weighted by molar-refractivity contribution is 0.288. The molecule has 0 spiro atoms. The van der Waals surface area contributed by atoms with Crippen LogP contribution in [0.2, 0.25) is 0 Å². The van der Waals surface area contributed by atoms with Crippen molar-refractivity contribution in [2.24, 2.45) is 0 Å². The minimum absolute atomic E-state index is 0.613. The van der Waals surface area contributed by atoms with Crippen LogP contribution in [0.4, 0.5) is 0 Å². The van der Waals surface area contributed by atoms with Crippen LogP contribution in [-0.4, -0.2) is 25.2 Å². The number of hydrogen-bond acceptors (Lipinski definition) is 4. The monoisotopic (exact) mass is 286 g/mol. The molecule has 0 saturated carbocycles. The molecule has 2 rings (SSSR count). The molecular formula is C17H22N2O2. The van der Waals surface area contributed by atoms with E-state index in [2.05, 4.69) is 16.4 Å². The van der Waals surface area contributed by atoms with Gasteiger partial charge in [-0.2, -0.15) is 0 Å². The van der Waals surface area contributed by atoms with Gasteiger partial charge in [-0.05, 0) is 50.2 Å². The van der Waals surface area contributed by atoms with Crippen molar-refractivity contribution in [3.05, 3.63) is 42.2 Å². The van der Waals surface area contributed by atoms with Gasteiger partial charge >= 0.3 is 0 Å². The molecule has 0 unspecified atom stereocenters. The van der Waals surface area contributed by atoms with Crippen LogP contribution >= 0.6 is 0 Å². The lowest BCUT2D eigenvalue weighted by Gasteiger charge is -2.13. The maximum absolute atomic E-state index is 5.67. The maximum atomic E-state index is 5.67. The van der Waals surface area contributed by atoms with E-state index in [4.69, 9.17) is 9.47 Å². The fourth-order valence-electron chi connectivity index (χ4n) is 2.18. The summed E-state index contributed by atoms with van der Waals surface area (Å²) in [4.78, 5) is 4.30. The highest BCUT2D eigenvalue weighted by atomic mass is 16.5. The summed E-state index contributed by atoms with van der Waals surface area (Å²) in [5.74, 6) is 1.55. The predicted octanol–water partition coefficient (Wildman–Crippen LogP) is 3.27. The summed E-state index contributed by atoms with van der Waals surface area (Å²) in [7, 11) is 1.93. The number of nitrogens with one attached hydrogen (secondary N) is 1. The average molecular weight is 286 g/mol. The fraction of sp³-hybridized carbons (Fsp3) is 0.353. The Morgan fingerprint density at radius 1 is 0.952 bits per heavy atom. The second kappa shape index (κ2) is 7.64. The molecular weight excluding hydrogens is 264 g/mol. The fourth-order valence-corrected chi connectivity index (χ4v) is 2.18. The maximum Gasteiger partial charge on any atom is 0.161 e. The third kappa shape index (κ3) is 3.95. The molecule has 1 aromatic carbocycles. The first kappa shape index (κ1) is 15.3. The Balaban J connectivity index is 2.34. The number of benzene rings is 1. The van der Waals surface area contributed by atoms with Gasteiger partial charge in [0, 0.05) is 24.5 Å². The van der Waals surface area contributed by atoms with Crippen molar-refractivity contribution in [2.75, 3.05) is 20.3 Å². The molecule has 4 heteroatoms. The highest BCUT2D eigenvalue weighted by molar-refractivity contribution is 5.67. The normalized spacial score (nSPS) is 10.4. The minimum Gasteiger partial charge on any atom is -0.490 e. The third-order valence-corrected chi connectivity index (χ3v) is 3.05. The van der Waals surface area contributed by atoms with Gasteiger partial charge in [-0.1, -0.05) is 6.07 Å². The number of hydrogen-bond donors (Lipinski definition) is 1. The second-order valence-corrected chi connectivity index (χ2v) is 4.64. The Labute approximate surface area is 126 Å². The first-order valence-electron chi connectivity index (χ1n) is 7.27. The Hall–Kier alpha value is -2.07. The Bertz CT molecular complexity index is 585. The van der Waals surface area contributed by atoms with Crippen LogP contribution in [0.15, 0.2) is 36.7 Å². The van der Waals surface area contributed by atoms with E-state index >= 15 is 0 Å². The molecule has 112 valence electrons. The smallest absolute Gasteiger partial charge is 0.161 e. The third-order valence-electron chi connectivity index (χ3n) is 3.05. The number of aromatic nitrogens is 1. The summed E-state index contributed by atoms with van der Waals surface area (Å²) in [5, 5.41) is 3.14. The summed E-state index contributed by atoms with van der Waals surface area (Å²) in [6, 6.07) is 8.13. The molecule has 0 aliphatic carbocycles. The predicted molar refractivity (Wildman–Crippen MR) is 84.8 cm³/mol. The topological polar surface area (TPSA) is 43.4 Å². The van der Waals surface area contributed by atoms with E-state index in [0.29, 0.717) is 13.2 Å². The summed E-state index contributed by atoms with van der Waals surface area (Å²) in [5.41, 5.74) is 3.31. The van der Waals surface area contributed by atoms with E-state index in [0.717, 1.165) is 34.7 Å². The summed E-state index contributed by atoms with van der Waals surface area (Å²) >= 11 is 0. The molecule has 4 nitrogen and oxygen atoms in total. The molecule has 1 aromatic heterocycles. The van der Waals surface area contributed by atoms with Crippen molar-refractivity contribution in [1.82, 2.24) is 10.3 Å². The number of pyridine rings is 1. The molecule has 0 aliphatic rings. The van der Waals surface area contributed by atoms with Crippen molar-refractivity contribution in [2.45, 2.75) is 20.4 Å². The van der Waals surface area contributed by atoms with E-state index < -0.39 is 0 Å². The van der Waals surface area contributed by atoms with Crippen LogP contribution in [0.1, 0.15) is 19.4 Å². The van der Waals surface area contributed by atoms with Crippen LogP contribution < -0.4 is 14.8 Å². The first-order valence-corrected chi connectivity index (χ1v) is 7.27. The van der Waals surface area contributed by atoms with E-state index in [9.17, 15) is 0 Å². The first-order chi connectivity index (χ1) is 10.3. The Kier molecular flexibility index (Phi) is 5.58. The van der Waals surface area contributed by atoms with E-state index in [1.165, 1.54) is 0 Å². The molecule has 0 fully saturated rings. The Morgan fingerprint density at radius 3 is 2.43 bits per heavy atom. The summed E-state index contributed by atoms with van der Waals surface area (Å²) in [6.07, 6.45) is 3.74. The quantitative estimate of drug-likeness (QED) is 0.848. The van der Waals surface area contributed by atoms with Crippen LogP contribution in [-0.2, 0) is 6.54 Å². The van der Waals surface area contributed by atoms with Crippen molar-refractivity contribution >= 4 is 0 Å². The number of nitrogens with zero attached hydrogens (tertiary/aromatic N) is 1. The molecule has 21 heavy (non-hydrogen) atoms. The number of ether oxygens (including phenoxy) is 2. The van der Waals surface area contributed by atoms with Crippen molar-refractivity contribution < 1.29 is 9.47 Å². The van der Waals surface area contributed by atoms with Crippen molar-refractivity contribution in [1.29, 1.82) is 0 Å². The van der Waals surface area contributed by atoms with Crippen molar-refractivity contribution in [3.8, 4) is 22.6 Å². The van der Waals surface area contributed by atoms with Gasteiger partial charge in [0.1, 0.15) is 0 Å². The largest absolute Gasteiger partial charge is 0.490 e. The number of rotatable bonds is 7. The highest BCUT2D eigenvalue weighted by Gasteiger charge is 2.08. The molecule has 0 bridgehead atoms. The molecule has 0 saturated heterocycles. The molecule has 0 aliphatic heterocycles. The van der Waals surface area contributed by atoms with Crippen molar-refractivity contribution in [3.63, 3.8) is 0 Å². The Morgan fingerprint density at radius 2 is 1.71 bits per heavy atom. The standard InChI is InChI=1S/C17H22N2O2/c1-4-20-16-7-6-14(9-17(16)21-5-2)15-8-13(10-18-3)11-19-12-15/h6-9,11-12,18H,4-5,10H2,1-3H3. The molecule has 1 N–H and O–H groups in total. The average Bonchev–Trinajstić information content (AvgIpc) is 2.50. The van der Waals surface area contributed by atoms with Gasteiger partial charge < -0.3 is 14.8 Å². The van der Waals surface area contributed by atoms with Gasteiger partial charge in [0.2, 0.25) is 0 Å². The summed E-state index contributed by atoms with van der Waals surface area (Å²) in [6.45, 7) is 5.97. The van der Waals surface area contributed by atoms with Gasteiger partial charge in [-0.25, -0.2) is 0 Å². The SMILES string of the molecule is CCOc1ccc(-c2cncc(CNC)c2)cc1OCC. The zero-order valence-corrected chi connectivity index (χ0v) is 12.8. The van der Waals surface area contributed by atoms with E-state index in [-0.39, 0.29) is 0 Å². The van der Waals surface area contributed by atoms with Crippen LogP contribution in [0, 0.1) is 0 Å². The van der Waals surface area contributed by atoms with Gasteiger partial charge in [0.15, 0.2) is 11.5 Å². The van der Waals surface area contributed by atoms with Gasteiger partial charge in [0.25, 0.3) is 0 Å². The van der Waals surface area contributed by atoms with Crippen LogP contribution in [0.5, 0.6) is 11.5 Å². The van der Waals surface area contributed by atoms with Gasteiger partial charge in [0.05, 0.1) is 13.2 Å². The zero-order chi connectivity index (χ0) is 15.1. The molecule has 0 atom stereocenters. The lowest BCUT2D eigenvalue weighted by Crippen LogP contribution is -2.05. The zero-order valence-electron chi connectivity index (χ0n) is 12.8. The van der Waals surface area contributed by atoms with Gasteiger partial charge in [-0.3, -0.25) is 4.98 Å².